The third-order valence-electron chi connectivity index (χ3n) is 4.34. The van der Waals surface area contributed by atoms with Gasteiger partial charge in [0, 0.05) is 24.4 Å². The Morgan fingerprint density at radius 1 is 1.17 bits per heavy atom. The molecule has 2 aromatic rings. The highest BCUT2D eigenvalue weighted by atomic mass is 16.5. The molecule has 0 bridgehead atoms. The zero-order valence-electron chi connectivity index (χ0n) is 14.7. The summed E-state index contributed by atoms with van der Waals surface area (Å²) in [6.07, 6.45) is 2.81. The van der Waals surface area contributed by atoms with Crippen molar-refractivity contribution in [1.29, 1.82) is 0 Å². The van der Waals surface area contributed by atoms with Crippen molar-refractivity contribution in [3.05, 3.63) is 29.2 Å². The monoisotopic (exact) mass is 332 g/mol. The minimum Gasteiger partial charge on any atom is -0.360 e. The molecule has 0 spiro atoms. The van der Waals surface area contributed by atoms with Gasteiger partial charge in [-0.2, -0.15) is 4.98 Å². The van der Waals surface area contributed by atoms with Gasteiger partial charge in [0.1, 0.15) is 11.8 Å². The summed E-state index contributed by atoms with van der Waals surface area (Å²) in [5.74, 6) is 2.15. The Labute approximate surface area is 141 Å². The van der Waals surface area contributed by atoms with Crippen LogP contribution >= 0.6 is 0 Å². The summed E-state index contributed by atoms with van der Waals surface area (Å²) in [6, 6.07) is 1.54. The third-order valence-corrected chi connectivity index (χ3v) is 4.34. The first-order valence-electron chi connectivity index (χ1n) is 8.58. The molecule has 0 N–H and O–H groups in total. The summed E-state index contributed by atoms with van der Waals surface area (Å²) < 4.78 is 10.7. The van der Waals surface area contributed by atoms with E-state index in [0.717, 1.165) is 19.3 Å². The van der Waals surface area contributed by atoms with E-state index in [2.05, 4.69) is 15.3 Å². The summed E-state index contributed by atoms with van der Waals surface area (Å²) in [5.41, 5.74) is 0.342. The first kappa shape index (κ1) is 16.7. The number of likely N-dealkylation sites (tertiary alicyclic amines) is 1. The number of hydrogen-bond acceptors (Lipinski definition) is 6. The van der Waals surface area contributed by atoms with Crippen molar-refractivity contribution >= 4 is 5.91 Å². The van der Waals surface area contributed by atoms with E-state index >= 15 is 0 Å². The number of nitrogens with zero attached hydrogens (tertiary/aromatic N) is 4. The summed E-state index contributed by atoms with van der Waals surface area (Å²) in [6.45, 7) is 8.70. The highest BCUT2D eigenvalue weighted by molar-refractivity contribution is 5.92. The lowest BCUT2D eigenvalue weighted by Crippen LogP contribution is -2.38. The molecule has 1 saturated heterocycles. The Kier molecular flexibility index (Phi) is 4.69. The van der Waals surface area contributed by atoms with Crippen LogP contribution < -0.4 is 0 Å². The minimum absolute atomic E-state index is 0.139. The van der Waals surface area contributed by atoms with Crippen LogP contribution in [-0.4, -0.2) is 32.6 Å². The van der Waals surface area contributed by atoms with Crippen LogP contribution in [0, 0.1) is 0 Å². The maximum absolute atomic E-state index is 12.9. The molecular weight excluding hydrogens is 308 g/mol. The van der Waals surface area contributed by atoms with Crippen LogP contribution in [0.3, 0.4) is 0 Å². The van der Waals surface area contributed by atoms with Gasteiger partial charge in [-0.3, -0.25) is 4.79 Å². The van der Waals surface area contributed by atoms with E-state index in [0.29, 0.717) is 29.7 Å². The molecule has 0 radical (unpaired) electrons. The number of amides is 1. The molecule has 1 fully saturated rings. The van der Waals surface area contributed by atoms with E-state index < -0.39 is 0 Å². The number of hydrogen-bond donors (Lipinski definition) is 0. The molecule has 130 valence electrons. The molecular formula is C17H24N4O3. The summed E-state index contributed by atoms with van der Waals surface area (Å²) >= 11 is 0. The van der Waals surface area contributed by atoms with E-state index in [1.807, 2.05) is 27.7 Å². The Morgan fingerprint density at radius 3 is 2.58 bits per heavy atom. The zero-order chi connectivity index (χ0) is 17.3. The van der Waals surface area contributed by atoms with Crippen LogP contribution in [0.15, 0.2) is 15.1 Å². The predicted molar refractivity (Wildman–Crippen MR) is 86.6 cm³/mol. The average molecular weight is 332 g/mol. The Balaban J connectivity index is 1.84. The van der Waals surface area contributed by atoms with Gasteiger partial charge >= 0.3 is 0 Å². The van der Waals surface area contributed by atoms with Crippen molar-refractivity contribution in [1.82, 2.24) is 20.2 Å². The van der Waals surface area contributed by atoms with E-state index in [1.54, 1.807) is 11.0 Å². The molecule has 24 heavy (non-hydrogen) atoms. The smallest absolute Gasteiger partial charge is 0.276 e. The van der Waals surface area contributed by atoms with Crippen LogP contribution in [0.1, 0.15) is 92.8 Å². The van der Waals surface area contributed by atoms with Crippen molar-refractivity contribution in [2.24, 2.45) is 0 Å². The lowest BCUT2D eigenvalue weighted by atomic mass is 10.0. The first-order chi connectivity index (χ1) is 11.5. The highest BCUT2D eigenvalue weighted by Crippen LogP contribution is 2.32. The van der Waals surface area contributed by atoms with Crippen LogP contribution in [0.5, 0.6) is 0 Å². The Bertz CT molecular complexity index is 704. The molecule has 0 aliphatic carbocycles. The molecule has 2 aromatic heterocycles. The first-order valence-corrected chi connectivity index (χ1v) is 8.58. The molecule has 7 heteroatoms. The fraction of sp³-hybridized carbons (Fsp3) is 0.647. The fourth-order valence-electron chi connectivity index (χ4n) is 2.86. The molecule has 3 heterocycles. The van der Waals surface area contributed by atoms with E-state index in [4.69, 9.17) is 9.05 Å². The van der Waals surface area contributed by atoms with Gasteiger partial charge in [0.15, 0.2) is 11.5 Å². The van der Waals surface area contributed by atoms with Gasteiger partial charge in [-0.05, 0) is 19.3 Å². The topological polar surface area (TPSA) is 85.3 Å². The number of rotatable bonds is 4. The number of piperidine rings is 1. The van der Waals surface area contributed by atoms with Crippen LogP contribution in [0.4, 0.5) is 0 Å². The predicted octanol–water partition coefficient (Wildman–Crippen LogP) is 3.67. The van der Waals surface area contributed by atoms with Gasteiger partial charge in [0.25, 0.3) is 5.91 Å². The average Bonchev–Trinajstić information content (AvgIpc) is 3.23. The Morgan fingerprint density at radius 2 is 1.96 bits per heavy atom. The van der Waals surface area contributed by atoms with Gasteiger partial charge < -0.3 is 13.9 Å². The minimum atomic E-state index is -0.189. The fourth-order valence-corrected chi connectivity index (χ4v) is 2.86. The summed E-state index contributed by atoms with van der Waals surface area (Å²) in [4.78, 5) is 19.1. The van der Waals surface area contributed by atoms with E-state index in [-0.39, 0.29) is 23.8 Å². The van der Waals surface area contributed by atoms with Gasteiger partial charge in [-0.25, -0.2) is 0 Å². The molecule has 7 nitrogen and oxygen atoms in total. The third kappa shape index (κ3) is 3.20. The quantitative estimate of drug-likeness (QED) is 0.849. The van der Waals surface area contributed by atoms with Crippen LogP contribution in [-0.2, 0) is 0 Å². The van der Waals surface area contributed by atoms with Crippen LogP contribution in [0.2, 0.25) is 0 Å². The molecule has 1 unspecified atom stereocenters. The SMILES string of the molecule is CC(C)c1noc(C2CCCCN2C(=O)c2cc(C(C)C)on2)n1. The standard InChI is InChI=1S/C17H24N4O3/c1-10(2)14-9-12(19-23-14)17(22)21-8-6-5-7-13(21)16-18-15(11(3)4)20-24-16/h9-11,13H,5-8H2,1-4H3. The zero-order valence-corrected chi connectivity index (χ0v) is 14.7. The second-order valence-electron chi connectivity index (χ2n) is 6.92. The maximum atomic E-state index is 12.9. The molecule has 1 atom stereocenters. The van der Waals surface area contributed by atoms with Crippen molar-refractivity contribution in [2.45, 2.75) is 64.8 Å². The maximum Gasteiger partial charge on any atom is 0.276 e. The van der Waals surface area contributed by atoms with Crippen LogP contribution in [0.25, 0.3) is 0 Å². The van der Waals surface area contributed by atoms with Gasteiger partial charge in [-0.1, -0.05) is 38.0 Å². The van der Waals surface area contributed by atoms with Gasteiger partial charge in [0.05, 0.1) is 0 Å². The Hall–Kier alpha value is -2.18. The normalized spacial score (nSPS) is 18.6. The molecule has 1 aliphatic rings. The summed E-state index contributed by atoms with van der Waals surface area (Å²) in [5, 5.41) is 7.97. The number of carbonyl (C=O) groups is 1. The molecule has 1 amide bonds. The number of carbonyl (C=O) groups excluding carboxylic acids is 1. The molecule has 0 aromatic carbocycles. The molecule has 1 aliphatic heterocycles. The van der Waals surface area contributed by atoms with Crippen molar-refractivity contribution in [3.63, 3.8) is 0 Å². The summed E-state index contributed by atoms with van der Waals surface area (Å²) in [7, 11) is 0. The number of aromatic nitrogens is 3. The van der Waals surface area contributed by atoms with Gasteiger partial charge in [0.2, 0.25) is 5.89 Å². The van der Waals surface area contributed by atoms with E-state index in [1.165, 1.54) is 0 Å². The van der Waals surface area contributed by atoms with Crippen molar-refractivity contribution < 1.29 is 13.8 Å². The lowest BCUT2D eigenvalue weighted by Gasteiger charge is -2.32. The van der Waals surface area contributed by atoms with E-state index in [9.17, 15) is 4.79 Å². The highest BCUT2D eigenvalue weighted by Gasteiger charge is 2.34. The van der Waals surface area contributed by atoms with Crippen molar-refractivity contribution in [3.8, 4) is 0 Å². The second-order valence-corrected chi connectivity index (χ2v) is 6.92. The van der Waals surface area contributed by atoms with Gasteiger partial charge in [-0.15, -0.1) is 0 Å². The second kappa shape index (κ2) is 6.75. The van der Waals surface area contributed by atoms with Crippen molar-refractivity contribution in [2.75, 3.05) is 6.54 Å². The lowest BCUT2D eigenvalue weighted by molar-refractivity contribution is 0.0551. The molecule has 3 rings (SSSR count). The largest absolute Gasteiger partial charge is 0.360 e. The molecule has 0 saturated carbocycles.